The number of ether oxygens (including phenoxy) is 1. The smallest absolute Gasteiger partial charge is 0.282 e. The van der Waals surface area contributed by atoms with Crippen molar-refractivity contribution in [1.29, 1.82) is 0 Å². The van der Waals surface area contributed by atoms with Gasteiger partial charge in [0, 0.05) is 23.1 Å². The maximum atomic E-state index is 12.3. The molecule has 0 aromatic heterocycles. The van der Waals surface area contributed by atoms with Gasteiger partial charge >= 0.3 is 0 Å². The SMILES string of the molecule is COc1ccccc1CNC(=O)c1cc(SC)ccc1[N+](=O)[O-]. The van der Waals surface area contributed by atoms with Crippen LogP contribution in [-0.4, -0.2) is 24.2 Å². The Morgan fingerprint density at radius 1 is 1.30 bits per heavy atom. The van der Waals surface area contributed by atoms with Gasteiger partial charge in [0.2, 0.25) is 0 Å². The lowest BCUT2D eigenvalue weighted by atomic mass is 10.1. The second kappa shape index (κ2) is 7.64. The van der Waals surface area contributed by atoms with Crippen LogP contribution in [0.15, 0.2) is 47.4 Å². The number of nitro benzene ring substituents is 1. The third-order valence-corrected chi connectivity index (χ3v) is 4.00. The molecular weight excluding hydrogens is 316 g/mol. The van der Waals surface area contributed by atoms with Crippen LogP contribution in [0, 0.1) is 10.1 Å². The molecule has 0 unspecified atom stereocenters. The highest BCUT2D eigenvalue weighted by atomic mass is 32.2. The number of para-hydroxylation sites is 1. The van der Waals surface area contributed by atoms with E-state index in [0.29, 0.717) is 5.75 Å². The number of amides is 1. The maximum absolute atomic E-state index is 12.3. The fourth-order valence-electron chi connectivity index (χ4n) is 2.10. The van der Waals surface area contributed by atoms with Crippen molar-refractivity contribution in [2.24, 2.45) is 0 Å². The van der Waals surface area contributed by atoms with Crippen molar-refractivity contribution in [3.05, 3.63) is 63.7 Å². The molecule has 0 fully saturated rings. The van der Waals surface area contributed by atoms with Crippen molar-refractivity contribution in [3.8, 4) is 5.75 Å². The van der Waals surface area contributed by atoms with Crippen LogP contribution in [0.2, 0.25) is 0 Å². The Kier molecular flexibility index (Phi) is 5.59. The molecule has 0 heterocycles. The van der Waals surface area contributed by atoms with Gasteiger partial charge in [0.1, 0.15) is 11.3 Å². The van der Waals surface area contributed by atoms with Crippen LogP contribution in [0.25, 0.3) is 0 Å². The third kappa shape index (κ3) is 4.01. The van der Waals surface area contributed by atoms with Crippen LogP contribution in [0.3, 0.4) is 0 Å². The van der Waals surface area contributed by atoms with E-state index >= 15 is 0 Å². The van der Waals surface area contributed by atoms with Crippen LogP contribution < -0.4 is 10.1 Å². The molecule has 0 saturated carbocycles. The zero-order valence-electron chi connectivity index (χ0n) is 12.7. The molecule has 0 aliphatic carbocycles. The molecule has 0 atom stereocenters. The fraction of sp³-hybridized carbons (Fsp3) is 0.188. The number of methoxy groups -OCH3 is 1. The van der Waals surface area contributed by atoms with Crippen molar-refractivity contribution in [2.75, 3.05) is 13.4 Å². The number of nitrogens with zero attached hydrogens (tertiary/aromatic N) is 1. The lowest BCUT2D eigenvalue weighted by molar-refractivity contribution is -0.385. The molecule has 1 amide bonds. The van der Waals surface area contributed by atoms with Gasteiger partial charge in [-0.25, -0.2) is 0 Å². The van der Waals surface area contributed by atoms with Crippen LogP contribution >= 0.6 is 11.8 Å². The Balaban J connectivity index is 2.22. The third-order valence-electron chi connectivity index (χ3n) is 3.28. The van der Waals surface area contributed by atoms with E-state index in [0.717, 1.165) is 10.5 Å². The Hall–Kier alpha value is -2.54. The number of carbonyl (C=O) groups is 1. The van der Waals surface area contributed by atoms with Gasteiger partial charge in [0.05, 0.1) is 12.0 Å². The highest BCUT2D eigenvalue weighted by Crippen LogP contribution is 2.25. The van der Waals surface area contributed by atoms with E-state index < -0.39 is 10.8 Å². The quantitative estimate of drug-likeness (QED) is 0.499. The normalized spacial score (nSPS) is 10.2. The van der Waals surface area contributed by atoms with E-state index in [4.69, 9.17) is 4.74 Å². The van der Waals surface area contributed by atoms with Gasteiger partial charge in [-0.05, 0) is 24.5 Å². The number of carbonyl (C=O) groups excluding carboxylic acids is 1. The Morgan fingerprint density at radius 2 is 2.04 bits per heavy atom. The first-order valence-electron chi connectivity index (χ1n) is 6.79. The van der Waals surface area contributed by atoms with Crippen molar-refractivity contribution >= 4 is 23.4 Å². The van der Waals surface area contributed by atoms with Crippen LogP contribution in [0.5, 0.6) is 5.75 Å². The lowest BCUT2D eigenvalue weighted by Gasteiger charge is -2.10. The molecule has 1 N–H and O–H groups in total. The standard InChI is InChI=1S/C16H16N2O4S/c1-22-15-6-4-3-5-11(15)10-17-16(19)13-9-12(23-2)7-8-14(13)18(20)21/h3-9H,10H2,1-2H3,(H,17,19). The van der Waals surface area contributed by atoms with Crippen LogP contribution in [0.1, 0.15) is 15.9 Å². The fourth-order valence-corrected chi connectivity index (χ4v) is 2.54. The molecule has 2 aromatic carbocycles. The number of nitro groups is 1. The molecule has 7 heteroatoms. The van der Waals surface area contributed by atoms with Crippen molar-refractivity contribution in [2.45, 2.75) is 11.4 Å². The first-order valence-corrected chi connectivity index (χ1v) is 8.01. The number of benzene rings is 2. The van der Waals surface area contributed by atoms with E-state index in [1.165, 1.54) is 23.9 Å². The molecule has 2 rings (SSSR count). The van der Waals surface area contributed by atoms with Gasteiger partial charge in [0.15, 0.2) is 0 Å². The average molecular weight is 332 g/mol. The van der Waals surface area contributed by atoms with E-state index in [1.807, 2.05) is 24.5 Å². The summed E-state index contributed by atoms with van der Waals surface area (Å²) < 4.78 is 5.22. The topological polar surface area (TPSA) is 81.5 Å². The highest BCUT2D eigenvalue weighted by molar-refractivity contribution is 7.98. The van der Waals surface area contributed by atoms with Gasteiger partial charge in [-0.3, -0.25) is 14.9 Å². The minimum absolute atomic E-state index is 0.0525. The second-order valence-electron chi connectivity index (χ2n) is 4.63. The van der Waals surface area contributed by atoms with Crippen LogP contribution in [0.4, 0.5) is 5.69 Å². The summed E-state index contributed by atoms with van der Waals surface area (Å²) in [6.45, 7) is 0.226. The summed E-state index contributed by atoms with van der Waals surface area (Å²) in [5.74, 6) is 0.165. The summed E-state index contributed by atoms with van der Waals surface area (Å²) in [5.41, 5.74) is 0.643. The average Bonchev–Trinajstić information content (AvgIpc) is 2.59. The van der Waals surface area contributed by atoms with Gasteiger partial charge < -0.3 is 10.1 Å². The van der Waals surface area contributed by atoms with Crippen LogP contribution in [-0.2, 0) is 6.54 Å². The molecule has 2 aromatic rings. The van der Waals surface area contributed by atoms with E-state index in [-0.39, 0.29) is 17.8 Å². The summed E-state index contributed by atoms with van der Waals surface area (Å²) >= 11 is 1.42. The molecule has 0 aliphatic heterocycles. The van der Waals surface area contributed by atoms with Gasteiger partial charge in [-0.1, -0.05) is 18.2 Å². The molecule has 0 spiro atoms. The monoisotopic (exact) mass is 332 g/mol. The summed E-state index contributed by atoms with van der Waals surface area (Å²) in [6.07, 6.45) is 1.84. The first kappa shape index (κ1) is 16.8. The Morgan fingerprint density at radius 3 is 2.70 bits per heavy atom. The Labute approximate surface area is 138 Å². The minimum atomic E-state index is -0.553. The minimum Gasteiger partial charge on any atom is -0.496 e. The summed E-state index contributed by atoms with van der Waals surface area (Å²) in [5, 5.41) is 13.8. The first-order chi connectivity index (χ1) is 11.1. The molecular formula is C16H16N2O4S. The maximum Gasteiger partial charge on any atom is 0.282 e. The number of rotatable bonds is 6. The molecule has 0 bridgehead atoms. The van der Waals surface area contributed by atoms with E-state index in [2.05, 4.69) is 5.32 Å². The van der Waals surface area contributed by atoms with Crippen molar-refractivity contribution in [3.63, 3.8) is 0 Å². The predicted molar refractivity (Wildman–Crippen MR) is 89.0 cm³/mol. The Bertz CT molecular complexity index is 734. The summed E-state index contributed by atoms with van der Waals surface area (Å²) in [7, 11) is 1.55. The predicted octanol–water partition coefficient (Wildman–Crippen LogP) is 3.26. The van der Waals surface area contributed by atoms with Crippen molar-refractivity contribution < 1.29 is 14.5 Å². The molecule has 0 aliphatic rings. The second-order valence-corrected chi connectivity index (χ2v) is 5.51. The largest absolute Gasteiger partial charge is 0.496 e. The molecule has 23 heavy (non-hydrogen) atoms. The zero-order valence-corrected chi connectivity index (χ0v) is 13.6. The van der Waals surface area contributed by atoms with Gasteiger partial charge in [-0.15, -0.1) is 11.8 Å². The number of hydrogen-bond donors (Lipinski definition) is 1. The zero-order chi connectivity index (χ0) is 16.8. The van der Waals surface area contributed by atoms with E-state index in [9.17, 15) is 14.9 Å². The highest BCUT2D eigenvalue weighted by Gasteiger charge is 2.20. The van der Waals surface area contributed by atoms with Gasteiger partial charge in [-0.2, -0.15) is 0 Å². The summed E-state index contributed by atoms with van der Waals surface area (Å²) in [4.78, 5) is 23.7. The van der Waals surface area contributed by atoms with Gasteiger partial charge in [0.25, 0.3) is 11.6 Å². The van der Waals surface area contributed by atoms with E-state index in [1.54, 1.807) is 19.2 Å². The number of nitrogens with one attached hydrogen (secondary N) is 1. The summed E-state index contributed by atoms with van der Waals surface area (Å²) in [6, 6.07) is 11.8. The lowest BCUT2D eigenvalue weighted by Crippen LogP contribution is -2.24. The molecule has 120 valence electrons. The molecule has 6 nitrogen and oxygen atoms in total. The molecule has 0 saturated heterocycles. The van der Waals surface area contributed by atoms with Crippen molar-refractivity contribution in [1.82, 2.24) is 5.32 Å². The number of hydrogen-bond acceptors (Lipinski definition) is 5. The number of thioether (sulfide) groups is 1. The molecule has 0 radical (unpaired) electrons.